The molecular formula is C9H16N4O2S. The van der Waals surface area contributed by atoms with Crippen molar-refractivity contribution in [1.29, 1.82) is 0 Å². The van der Waals surface area contributed by atoms with Gasteiger partial charge in [-0.25, -0.2) is 8.42 Å². The van der Waals surface area contributed by atoms with E-state index in [-0.39, 0.29) is 11.3 Å². The van der Waals surface area contributed by atoms with Crippen LogP contribution in [-0.4, -0.2) is 46.1 Å². The molecule has 7 heteroatoms. The van der Waals surface area contributed by atoms with Gasteiger partial charge in [-0.3, -0.25) is 0 Å². The first kappa shape index (κ1) is 11.5. The van der Waals surface area contributed by atoms with Gasteiger partial charge in [-0.1, -0.05) is 0 Å². The lowest BCUT2D eigenvalue weighted by Crippen LogP contribution is -2.34. The predicted octanol–water partition coefficient (Wildman–Crippen LogP) is 0.263. The molecule has 1 fully saturated rings. The van der Waals surface area contributed by atoms with E-state index in [1.165, 1.54) is 4.31 Å². The highest BCUT2D eigenvalue weighted by Crippen LogP contribution is 2.24. The maximum Gasteiger partial charge on any atom is 0.216 e. The quantitative estimate of drug-likeness (QED) is 0.765. The number of hydrogen-bond acceptors (Lipinski definition) is 4. The van der Waals surface area contributed by atoms with Gasteiger partial charge in [0, 0.05) is 13.1 Å². The zero-order valence-corrected chi connectivity index (χ0v) is 10.3. The standard InChI is InChI=1S/C9H16N4O2S/c1-8(2)16(14,15)12-6-3-9(7-12)13-10-4-5-11-13/h4-5,8-9H,3,6-7H2,1-2H3. The summed E-state index contributed by atoms with van der Waals surface area (Å²) in [6.45, 7) is 4.45. The van der Waals surface area contributed by atoms with Crippen molar-refractivity contribution in [3.63, 3.8) is 0 Å². The van der Waals surface area contributed by atoms with Crippen LogP contribution in [0.5, 0.6) is 0 Å². The van der Waals surface area contributed by atoms with Gasteiger partial charge in [-0.15, -0.1) is 0 Å². The molecule has 0 bridgehead atoms. The number of nitrogens with zero attached hydrogens (tertiary/aromatic N) is 4. The van der Waals surface area contributed by atoms with Crippen LogP contribution in [0.1, 0.15) is 26.3 Å². The lowest BCUT2D eigenvalue weighted by Gasteiger charge is -2.18. The Morgan fingerprint density at radius 1 is 1.31 bits per heavy atom. The topological polar surface area (TPSA) is 68.1 Å². The Kier molecular flexibility index (Phi) is 2.98. The summed E-state index contributed by atoms with van der Waals surface area (Å²) in [5.41, 5.74) is 0. The Labute approximate surface area is 95.3 Å². The van der Waals surface area contributed by atoms with Crippen LogP contribution in [0.3, 0.4) is 0 Å². The predicted molar refractivity (Wildman–Crippen MR) is 59.3 cm³/mol. The molecule has 1 aliphatic rings. The van der Waals surface area contributed by atoms with Crippen LogP contribution in [0.15, 0.2) is 12.4 Å². The van der Waals surface area contributed by atoms with Crippen molar-refractivity contribution in [3.8, 4) is 0 Å². The molecular weight excluding hydrogens is 228 g/mol. The van der Waals surface area contributed by atoms with E-state index in [4.69, 9.17) is 0 Å². The average molecular weight is 244 g/mol. The highest BCUT2D eigenvalue weighted by Gasteiger charge is 2.34. The van der Waals surface area contributed by atoms with Crippen LogP contribution < -0.4 is 0 Å². The molecule has 0 aliphatic carbocycles. The van der Waals surface area contributed by atoms with E-state index < -0.39 is 10.0 Å². The summed E-state index contributed by atoms with van der Waals surface area (Å²) in [4.78, 5) is 1.59. The lowest BCUT2D eigenvalue weighted by molar-refractivity contribution is 0.400. The minimum atomic E-state index is -3.14. The summed E-state index contributed by atoms with van der Waals surface area (Å²) < 4.78 is 25.4. The van der Waals surface area contributed by atoms with Gasteiger partial charge in [0.15, 0.2) is 0 Å². The van der Waals surface area contributed by atoms with E-state index in [0.717, 1.165) is 6.42 Å². The fraction of sp³-hybridized carbons (Fsp3) is 0.778. The summed E-state index contributed by atoms with van der Waals surface area (Å²) >= 11 is 0. The minimum Gasteiger partial charge on any atom is -0.212 e. The van der Waals surface area contributed by atoms with Crippen molar-refractivity contribution in [2.75, 3.05) is 13.1 Å². The Hall–Kier alpha value is -0.950. The van der Waals surface area contributed by atoms with Crippen molar-refractivity contribution in [3.05, 3.63) is 12.4 Å². The van der Waals surface area contributed by atoms with Crippen molar-refractivity contribution in [2.45, 2.75) is 31.6 Å². The Morgan fingerprint density at radius 2 is 1.94 bits per heavy atom. The lowest BCUT2D eigenvalue weighted by atomic mass is 10.3. The van der Waals surface area contributed by atoms with Gasteiger partial charge in [0.05, 0.1) is 23.7 Å². The van der Waals surface area contributed by atoms with E-state index in [1.54, 1.807) is 31.0 Å². The van der Waals surface area contributed by atoms with E-state index in [0.29, 0.717) is 13.1 Å². The maximum absolute atomic E-state index is 11.9. The molecule has 1 atom stereocenters. The van der Waals surface area contributed by atoms with Gasteiger partial charge in [0.2, 0.25) is 10.0 Å². The Bertz CT molecular complexity index is 440. The molecule has 6 nitrogen and oxygen atoms in total. The van der Waals surface area contributed by atoms with Crippen molar-refractivity contribution in [2.24, 2.45) is 0 Å². The molecule has 0 radical (unpaired) electrons. The molecule has 0 spiro atoms. The SMILES string of the molecule is CC(C)S(=O)(=O)N1CCC(n2nccn2)C1. The number of aromatic nitrogens is 3. The van der Waals surface area contributed by atoms with E-state index >= 15 is 0 Å². The molecule has 2 heterocycles. The first-order valence-corrected chi connectivity index (χ1v) is 6.87. The van der Waals surface area contributed by atoms with Gasteiger partial charge < -0.3 is 0 Å². The average Bonchev–Trinajstić information content (AvgIpc) is 2.88. The van der Waals surface area contributed by atoms with E-state index in [1.807, 2.05) is 0 Å². The zero-order chi connectivity index (χ0) is 11.8. The van der Waals surface area contributed by atoms with Crippen LogP contribution in [0, 0.1) is 0 Å². The minimum absolute atomic E-state index is 0.0727. The first-order chi connectivity index (χ1) is 7.51. The van der Waals surface area contributed by atoms with E-state index in [2.05, 4.69) is 10.2 Å². The molecule has 16 heavy (non-hydrogen) atoms. The molecule has 1 aromatic heterocycles. The van der Waals surface area contributed by atoms with Crippen molar-refractivity contribution < 1.29 is 8.42 Å². The fourth-order valence-electron chi connectivity index (χ4n) is 1.84. The van der Waals surface area contributed by atoms with Crippen LogP contribution in [-0.2, 0) is 10.0 Å². The van der Waals surface area contributed by atoms with Gasteiger partial charge in [0.25, 0.3) is 0 Å². The summed E-state index contributed by atoms with van der Waals surface area (Å²) in [7, 11) is -3.14. The second-order valence-corrected chi connectivity index (χ2v) is 6.73. The highest BCUT2D eigenvalue weighted by atomic mass is 32.2. The van der Waals surface area contributed by atoms with E-state index in [9.17, 15) is 8.42 Å². The van der Waals surface area contributed by atoms with Crippen LogP contribution in [0.25, 0.3) is 0 Å². The summed E-state index contributed by atoms with van der Waals surface area (Å²) in [6.07, 6.45) is 4.00. The molecule has 2 rings (SSSR count). The highest BCUT2D eigenvalue weighted by molar-refractivity contribution is 7.89. The third kappa shape index (κ3) is 1.97. The third-order valence-corrected chi connectivity index (χ3v) is 5.09. The third-order valence-electron chi connectivity index (χ3n) is 2.84. The molecule has 1 unspecified atom stereocenters. The van der Waals surface area contributed by atoms with Crippen LogP contribution in [0.2, 0.25) is 0 Å². The molecule has 0 saturated carbocycles. The van der Waals surface area contributed by atoms with Gasteiger partial charge in [-0.2, -0.15) is 19.3 Å². The maximum atomic E-state index is 11.9. The molecule has 0 amide bonds. The first-order valence-electron chi connectivity index (χ1n) is 5.36. The van der Waals surface area contributed by atoms with Crippen molar-refractivity contribution >= 4 is 10.0 Å². The van der Waals surface area contributed by atoms with Gasteiger partial charge in [-0.05, 0) is 20.3 Å². The molecule has 1 aliphatic heterocycles. The number of rotatable bonds is 3. The molecule has 1 aromatic rings. The molecule has 0 N–H and O–H groups in total. The normalized spacial score (nSPS) is 23.1. The largest absolute Gasteiger partial charge is 0.216 e. The van der Waals surface area contributed by atoms with Crippen molar-refractivity contribution in [1.82, 2.24) is 19.3 Å². The van der Waals surface area contributed by atoms with Crippen LogP contribution >= 0.6 is 0 Å². The Balaban J connectivity index is 2.10. The van der Waals surface area contributed by atoms with Gasteiger partial charge in [0.1, 0.15) is 0 Å². The van der Waals surface area contributed by atoms with Crippen LogP contribution in [0.4, 0.5) is 0 Å². The molecule has 0 aromatic carbocycles. The summed E-state index contributed by atoms with van der Waals surface area (Å²) in [5, 5.41) is 7.72. The Morgan fingerprint density at radius 3 is 2.50 bits per heavy atom. The molecule has 90 valence electrons. The fourth-order valence-corrected chi connectivity index (χ4v) is 3.18. The smallest absolute Gasteiger partial charge is 0.212 e. The number of sulfonamides is 1. The zero-order valence-electron chi connectivity index (χ0n) is 9.44. The summed E-state index contributed by atoms with van der Waals surface area (Å²) in [6, 6.07) is 0.0727. The molecule has 1 saturated heterocycles. The summed E-state index contributed by atoms with van der Waals surface area (Å²) in [5.74, 6) is 0. The second kappa shape index (κ2) is 4.14. The monoisotopic (exact) mass is 244 g/mol. The van der Waals surface area contributed by atoms with Gasteiger partial charge >= 0.3 is 0 Å². The second-order valence-electron chi connectivity index (χ2n) is 4.24. The number of hydrogen-bond donors (Lipinski definition) is 0.